The lowest BCUT2D eigenvalue weighted by atomic mass is 9.89. The summed E-state index contributed by atoms with van der Waals surface area (Å²) in [5, 5.41) is 12.3. The molecular weight excluding hydrogens is 433 g/mol. The molecule has 0 amide bonds. The lowest BCUT2D eigenvalue weighted by molar-refractivity contribution is -0.386. The van der Waals surface area contributed by atoms with Crippen LogP contribution in [0.5, 0.6) is 11.5 Å². The molecule has 0 spiro atoms. The van der Waals surface area contributed by atoms with Crippen LogP contribution in [0, 0.1) is 16.0 Å². The van der Waals surface area contributed by atoms with Crippen molar-refractivity contribution < 1.29 is 23.9 Å². The first-order chi connectivity index (χ1) is 14.4. The van der Waals surface area contributed by atoms with E-state index >= 15 is 0 Å². The number of nitro benzene ring substituents is 1. The summed E-state index contributed by atoms with van der Waals surface area (Å²) in [4.78, 5) is 23.5. The van der Waals surface area contributed by atoms with E-state index < -0.39 is 23.3 Å². The quantitative estimate of drug-likeness (QED) is 0.304. The van der Waals surface area contributed by atoms with Crippen molar-refractivity contribution in [1.29, 1.82) is 0 Å². The first-order valence-electron chi connectivity index (χ1n) is 9.69. The van der Waals surface area contributed by atoms with Crippen molar-refractivity contribution in [3.8, 4) is 11.5 Å². The van der Waals surface area contributed by atoms with Crippen molar-refractivity contribution >= 4 is 34.9 Å². The van der Waals surface area contributed by atoms with E-state index in [1.165, 1.54) is 24.3 Å². The molecule has 0 N–H and O–H groups in total. The zero-order valence-electron chi connectivity index (χ0n) is 15.9. The molecule has 2 fully saturated rings. The molecule has 2 atom stereocenters. The van der Waals surface area contributed by atoms with Crippen molar-refractivity contribution in [1.82, 2.24) is 0 Å². The molecule has 4 rings (SSSR count). The number of halogens is 2. The summed E-state index contributed by atoms with van der Waals surface area (Å²) >= 11 is 12.0. The topological polar surface area (TPSA) is 87.9 Å². The second kappa shape index (κ2) is 8.79. The second-order valence-corrected chi connectivity index (χ2v) is 8.22. The lowest BCUT2D eigenvalue weighted by Gasteiger charge is -2.25. The predicted octanol–water partition coefficient (Wildman–Crippen LogP) is 6.21. The molecular formula is C21H19Cl2NO6. The molecule has 0 aromatic heterocycles. The van der Waals surface area contributed by atoms with Gasteiger partial charge in [0, 0.05) is 17.0 Å². The molecule has 1 saturated heterocycles. The number of esters is 1. The molecule has 1 aliphatic heterocycles. The predicted molar refractivity (Wildman–Crippen MR) is 110 cm³/mol. The summed E-state index contributed by atoms with van der Waals surface area (Å²) in [6, 6.07) is 8.85. The molecule has 1 aliphatic carbocycles. The van der Waals surface area contributed by atoms with Crippen molar-refractivity contribution in [2.24, 2.45) is 5.92 Å². The molecule has 0 bridgehead atoms. The van der Waals surface area contributed by atoms with Gasteiger partial charge in [0.05, 0.1) is 15.5 Å². The molecule has 30 heavy (non-hydrogen) atoms. The third-order valence-corrected chi connectivity index (χ3v) is 5.88. The number of carbonyl (C=O) groups is 1. The number of hydrogen-bond donors (Lipinski definition) is 0. The van der Waals surface area contributed by atoms with Crippen LogP contribution in [0.15, 0.2) is 36.4 Å². The minimum atomic E-state index is -1.18. The van der Waals surface area contributed by atoms with Gasteiger partial charge in [-0.25, -0.2) is 4.79 Å². The Hall–Kier alpha value is -2.35. The van der Waals surface area contributed by atoms with Gasteiger partial charge in [-0.15, -0.1) is 0 Å². The van der Waals surface area contributed by atoms with Crippen LogP contribution in [0.4, 0.5) is 5.69 Å². The summed E-state index contributed by atoms with van der Waals surface area (Å²) in [6.07, 6.45) is 3.21. The molecule has 2 unspecified atom stereocenters. The van der Waals surface area contributed by atoms with Gasteiger partial charge in [-0.1, -0.05) is 42.5 Å². The Bertz CT molecular complexity index is 976. The zero-order valence-corrected chi connectivity index (χ0v) is 17.4. The average molecular weight is 452 g/mol. The minimum absolute atomic E-state index is 0.0888. The molecule has 1 saturated carbocycles. The van der Waals surface area contributed by atoms with E-state index in [4.69, 9.17) is 37.4 Å². The van der Waals surface area contributed by atoms with Gasteiger partial charge in [-0.05, 0) is 43.2 Å². The van der Waals surface area contributed by atoms with Crippen LogP contribution < -0.4 is 4.74 Å². The van der Waals surface area contributed by atoms with Gasteiger partial charge in [-0.3, -0.25) is 10.1 Å². The van der Waals surface area contributed by atoms with E-state index in [0.717, 1.165) is 32.1 Å². The van der Waals surface area contributed by atoms with Gasteiger partial charge >= 0.3 is 5.97 Å². The van der Waals surface area contributed by atoms with E-state index in [0.29, 0.717) is 10.8 Å². The van der Waals surface area contributed by atoms with Gasteiger partial charge in [0.15, 0.2) is 6.10 Å². The number of hydrogen-bond acceptors (Lipinski definition) is 6. The highest BCUT2D eigenvalue weighted by Crippen LogP contribution is 2.41. The van der Waals surface area contributed by atoms with E-state index in [2.05, 4.69) is 0 Å². The van der Waals surface area contributed by atoms with Gasteiger partial charge in [0.2, 0.25) is 6.29 Å². The van der Waals surface area contributed by atoms with Crippen molar-refractivity contribution in [3.05, 3.63) is 62.1 Å². The van der Waals surface area contributed by atoms with Gasteiger partial charge in [0.1, 0.15) is 11.5 Å². The first kappa shape index (κ1) is 20.9. The van der Waals surface area contributed by atoms with Crippen LogP contribution in [0.2, 0.25) is 10.0 Å². The number of cyclic esters (lactones) is 1. The highest BCUT2D eigenvalue weighted by atomic mass is 35.5. The highest BCUT2D eigenvalue weighted by molar-refractivity contribution is 6.35. The number of ether oxygens (including phenoxy) is 3. The Balaban J connectivity index is 1.61. The van der Waals surface area contributed by atoms with Gasteiger partial charge in [0.25, 0.3) is 5.69 Å². The maximum absolute atomic E-state index is 12.5. The molecule has 7 nitrogen and oxygen atoms in total. The average Bonchev–Trinajstić information content (AvgIpc) is 3.12. The van der Waals surface area contributed by atoms with Crippen LogP contribution in [0.1, 0.15) is 43.8 Å². The summed E-state index contributed by atoms with van der Waals surface area (Å²) in [5.41, 5.74) is -0.151. The molecule has 2 aromatic carbocycles. The monoisotopic (exact) mass is 451 g/mol. The Morgan fingerprint density at radius 3 is 2.53 bits per heavy atom. The fourth-order valence-electron chi connectivity index (χ4n) is 3.86. The van der Waals surface area contributed by atoms with Crippen molar-refractivity contribution in [3.63, 3.8) is 0 Å². The fourth-order valence-corrected chi connectivity index (χ4v) is 4.31. The number of benzene rings is 2. The number of rotatable bonds is 5. The number of nitro groups is 1. The summed E-state index contributed by atoms with van der Waals surface area (Å²) in [6.45, 7) is 0. The molecule has 1 heterocycles. The van der Waals surface area contributed by atoms with Crippen LogP contribution in [-0.4, -0.2) is 17.2 Å². The van der Waals surface area contributed by atoms with Crippen LogP contribution in [-0.2, 0) is 14.3 Å². The summed E-state index contributed by atoms with van der Waals surface area (Å²) in [5.74, 6) is 0.0858. The van der Waals surface area contributed by atoms with Crippen molar-refractivity contribution in [2.75, 3.05) is 0 Å². The summed E-state index contributed by atoms with van der Waals surface area (Å²) in [7, 11) is 0. The van der Waals surface area contributed by atoms with E-state index in [-0.39, 0.29) is 27.9 Å². The minimum Gasteiger partial charge on any atom is -0.456 e. The van der Waals surface area contributed by atoms with Crippen molar-refractivity contribution in [2.45, 2.75) is 44.5 Å². The Morgan fingerprint density at radius 2 is 1.83 bits per heavy atom. The van der Waals surface area contributed by atoms with Gasteiger partial charge < -0.3 is 14.2 Å². The van der Waals surface area contributed by atoms with Crippen LogP contribution in [0.25, 0.3) is 0 Å². The molecule has 2 aliphatic rings. The lowest BCUT2D eigenvalue weighted by Crippen LogP contribution is -2.24. The zero-order chi connectivity index (χ0) is 21.3. The second-order valence-electron chi connectivity index (χ2n) is 7.37. The van der Waals surface area contributed by atoms with E-state index in [9.17, 15) is 14.9 Å². The third-order valence-electron chi connectivity index (χ3n) is 5.35. The first-order valence-corrected chi connectivity index (χ1v) is 10.4. The van der Waals surface area contributed by atoms with Crippen LogP contribution in [0.3, 0.4) is 0 Å². The molecule has 0 radical (unpaired) electrons. The summed E-state index contributed by atoms with van der Waals surface area (Å²) < 4.78 is 17.0. The third kappa shape index (κ3) is 4.38. The number of carbonyl (C=O) groups excluding carboxylic acids is 1. The Morgan fingerprint density at radius 1 is 1.07 bits per heavy atom. The maximum Gasteiger partial charge on any atom is 0.342 e. The van der Waals surface area contributed by atoms with E-state index in [1.807, 2.05) is 0 Å². The SMILES string of the molecule is O=C1OC(C2CCCCC2)OC1c1cc(Oc2ccc(Cl)cc2Cl)ccc1[N+](=O)[O-]. The molecule has 158 valence electrons. The van der Waals surface area contributed by atoms with Gasteiger partial charge in [-0.2, -0.15) is 0 Å². The van der Waals surface area contributed by atoms with E-state index in [1.54, 1.807) is 12.1 Å². The Kier molecular flexibility index (Phi) is 6.13. The highest BCUT2D eigenvalue weighted by Gasteiger charge is 2.43. The smallest absolute Gasteiger partial charge is 0.342 e. The fraction of sp³-hybridized carbons (Fsp3) is 0.381. The van der Waals surface area contributed by atoms with Crippen LogP contribution >= 0.6 is 23.2 Å². The number of nitrogens with zero attached hydrogens (tertiary/aromatic N) is 1. The molecule has 2 aromatic rings. The molecule has 9 heteroatoms. The Labute approximate surface area is 183 Å². The largest absolute Gasteiger partial charge is 0.456 e. The normalized spacial score (nSPS) is 22.0. The maximum atomic E-state index is 12.5. The standard InChI is InChI=1S/C21H19Cl2NO6/c22-13-6-9-18(16(23)10-13)28-14-7-8-17(24(26)27)15(11-14)19-20(25)30-21(29-19)12-4-2-1-3-5-12/h6-12,19,21H,1-5H2.